The minimum atomic E-state index is -1.59. The molecule has 0 radical (unpaired) electrons. The molecule has 5 heteroatoms. The Morgan fingerprint density at radius 1 is 1.35 bits per heavy atom. The summed E-state index contributed by atoms with van der Waals surface area (Å²) in [5, 5.41) is 10.7. The fourth-order valence-corrected chi connectivity index (χ4v) is 4.37. The molecule has 4 rings (SSSR count). The molecule has 20 heavy (non-hydrogen) atoms. The Kier molecular flexibility index (Phi) is 2.03. The maximum atomic E-state index is 12.1. The molecule has 0 aromatic heterocycles. The van der Waals surface area contributed by atoms with Gasteiger partial charge in [0.05, 0.1) is 5.57 Å². The van der Waals surface area contributed by atoms with E-state index < -0.39 is 23.3 Å². The maximum absolute atomic E-state index is 12.1. The minimum absolute atomic E-state index is 0.0754. The van der Waals surface area contributed by atoms with E-state index in [1.807, 2.05) is 13.0 Å². The number of carbonyl (C=O) groups excluding carboxylic acids is 2. The van der Waals surface area contributed by atoms with Crippen molar-refractivity contribution < 1.29 is 24.2 Å². The molecule has 0 amide bonds. The topological polar surface area (TPSA) is 72.8 Å². The van der Waals surface area contributed by atoms with Gasteiger partial charge in [-0.1, -0.05) is 13.0 Å². The summed E-state index contributed by atoms with van der Waals surface area (Å²) < 4.78 is 10.7. The average molecular weight is 276 g/mol. The van der Waals surface area contributed by atoms with Gasteiger partial charge in [-0.25, -0.2) is 9.59 Å². The Morgan fingerprint density at radius 3 is 2.85 bits per heavy atom. The van der Waals surface area contributed by atoms with Gasteiger partial charge in [-0.2, -0.15) is 0 Å². The van der Waals surface area contributed by atoms with E-state index in [1.165, 1.54) is 0 Å². The van der Waals surface area contributed by atoms with Gasteiger partial charge in [-0.05, 0) is 25.7 Å². The number of aliphatic hydroxyl groups is 1. The standard InChI is InChI=1S/C15H16O5/c1-7-10-11-14(2)8(6-15(10,18)20-12(7)16)4-3-5-9(14)13(17)19-11/h5,8,11,18H,3-4,6H2,1-2H3. The first-order chi connectivity index (χ1) is 9.38. The van der Waals surface area contributed by atoms with Crippen LogP contribution in [0.1, 0.15) is 33.1 Å². The Bertz CT molecular complexity index is 616. The fraction of sp³-hybridized carbons (Fsp3) is 0.600. The van der Waals surface area contributed by atoms with Crippen LogP contribution in [-0.2, 0) is 19.1 Å². The minimum Gasteiger partial charge on any atom is -0.453 e. The summed E-state index contributed by atoms with van der Waals surface area (Å²) >= 11 is 0. The van der Waals surface area contributed by atoms with Gasteiger partial charge < -0.3 is 14.6 Å². The van der Waals surface area contributed by atoms with Crippen LogP contribution in [0, 0.1) is 11.3 Å². The van der Waals surface area contributed by atoms with E-state index in [0.717, 1.165) is 12.8 Å². The Morgan fingerprint density at radius 2 is 2.10 bits per heavy atom. The molecule has 0 spiro atoms. The zero-order valence-corrected chi connectivity index (χ0v) is 11.4. The summed E-state index contributed by atoms with van der Waals surface area (Å²) in [4.78, 5) is 23.9. The summed E-state index contributed by atoms with van der Waals surface area (Å²) in [6.07, 6.45) is 3.35. The van der Waals surface area contributed by atoms with Crippen LogP contribution in [0.5, 0.6) is 0 Å². The van der Waals surface area contributed by atoms with Gasteiger partial charge in [-0.15, -0.1) is 0 Å². The van der Waals surface area contributed by atoms with Crippen LogP contribution < -0.4 is 0 Å². The summed E-state index contributed by atoms with van der Waals surface area (Å²) in [6, 6.07) is 0. The second kappa shape index (κ2) is 3.34. The Balaban J connectivity index is 1.96. The first-order valence-corrected chi connectivity index (χ1v) is 6.96. The van der Waals surface area contributed by atoms with Crippen molar-refractivity contribution in [2.45, 2.75) is 45.0 Å². The van der Waals surface area contributed by atoms with E-state index >= 15 is 0 Å². The summed E-state index contributed by atoms with van der Waals surface area (Å²) in [7, 11) is 0. The van der Waals surface area contributed by atoms with Gasteiger partial charge in [-0.3, -0.25) is 0 Å². The quantitative estimate of drug-likeness (QED) is 0.673. The number of hydrogen-bond donors (Lipinski definition) is 1. The Hall–Kier alpha value is -1.62. The van der Waals surface area contributed by atoms with Crippen molar-refractivity contribution in [2.24, 2.45) is 11.3 Å². The van der Waals surface area contributed by atoms with Crippen molar-refractivity contribution in [1.82, 2.24) is 0 Å². The third-order valence-electron chi connectivity index (χ3n) is 5.46. The molecule has 1 saturated carbocycles. The first kappa shape index (κ1) is 12.1. The van der Waals surface area contributed by atoms with Crippen molar-refractivity contribution in [3.05, 3.63) is 22.8 Å². The lowest BCUT2D eigenvalue weighted by atomic mass is 9.56. The largest absolute Gasteiger partial charge is 0.453 e. The van der Waals surface area contributed by atoms with E-state index in [0.29, 0.717) is 23.1 Å². The number of fused-ring (bicyclic) bond motifs is 2. The molecule has 0 aromatic rings. The molecule has 4 atom stereocenters. The van der Waals surface area contributed by atoms with Crippen molar-refractivity contribution in [2.75, 3.05) is 0 Å². The van der Waals surface area contributed by atoms with Crippen LogP contribution in [0.3, 0.4) is 0 Å². The second-order valence-electron chi connectivity index (χ2n) is 6.38. The molecule has 2 heterocycles. The zero-order chi connectivity index (χ0) is 14.3. The van der Waals surface area contributed by atoms with E-state index in [1.54, 1.807) is 6.92 Å². The number of carbonyl (C=O) groups is 2. The van der Waals surface area contributed by atoms with E-state index in [9.17, 15) is 14.7 Å². The number of allylic oxidation sites excluding steroid dienone is 1. The molecule has 1 saturated heterocycles. The molecule has 0 aromatic carbocycles. The van der Waals surface area contributed by atoms with Gasteiger partial charge in [0, 0.05) is 23.0 Å². The number of esters is 2. The molecule has 1 N–H and O–H groups in total. The van der Waals surface area contributed by atoms with Crippen LogP contribution in [-0.4, -0.2) is 28.9 Å². The predicted octanol–water partition coefficient (Wildman–Crippen LogP) is 1.22. The summed E-state index contributed by atoms with van der Waals surface area (Å²) in [6.45, 7) is 3.62. The highest BCUT2D eigenvalue weighted by atomic mass is 16.7. The highest BCUT2D eigenvalue weighted by Gasteiger charge is 2.67. The van der Waals surface area contributed by atoms with Gasteiger partial charge in [0.2, 0.25) is 5.79 Å². The third kappa shape index (κ3) is 1.14. The van der Waals surface area contributed by atoms with Crippen LogP contribution in [0.4, 0.5) is 0 Å². The molecular weight excluding hydrogens is 260 g/mol. The van der Waals surface area contributed by atoms with E-state index in [4.69, 9.17) is 9.47 Å². The van der Waals surface area contributed by atoms with Gasteiger partial charge in [0.25, 0.3) is 0 Å². The first-order valence-electron chi connectivity index (χ1n) is 6.96. The number of hydrogen-bond acceptors (Lipinski definition) is 5. The molecule has 4 unspecified atom stereocenters. The van der Waals surface area contributed by atoms with Crippen LogP contribution in [0.2, 0.25) is 0 Å². The van der Waals surface area contributed by atoms with E-state index in [-0.39, 0.29) is 11.9 Å². The second-order valence-corrected chi connectivity index (χ2v) is 6.38. The molecule has 5 nitrogen and oxygen atoms in total. The molecule has 4 aliphatic rings. The zero-order valence-electron chi connectivity index (χ0n) is 11.4. The predicted molar refractivity (Wildman–Crippen MR) is 67.2 cm³/mol. The fourth-order valence-electron chi connectivity index (χ4n) is 4.37. The van der Waals surface area contributed by atoms with Crippen LogP contribution >= 0.6 is 0 Å². The van der Waals surface area contributed by atoms with Gasteiger partial charge in [0.15, 0.2) is 0 Å². The maximum Gasteiger partial charge on any atom is 0.336 e. The number of rotatable bonds is 0. The average Bonchev–Trinajstić information content (AvgIpc) is 2.75. The summed E-state index contributed by atoms with van der Waals surface area (Å²) in [5.74, 6) is -2.36. The lowest BCUT2D eigenvalue weighted by molar-refractivity contribution is -0.206. The van der Waals surface area contributed by atoms with Gasteiger partial charge in [0.1, 0.15) is 6.10 Å². The third-order valence-corrected chi connectivity index (χ3v) is 5.46. The highest BCUT2D eigenvalue weighted by Crippen LogP contribution is 2.61. The molecule has 2 fully saturated rings. The highest BCUT2D eigenvalue weighted by molar-refractivity contribution is 5.96. The van der Waals surface area contributed by atoms with Crippen LogP contribution in [0.25, 0.3) is 0 Å². The normalized spacial score (nSPS) is 45.6. The van der Waals surface area contributed by atoms with Crippen molar-refractivity contribution in [3.8, 4) is 0 Å². The molecule has 106 valence electrons. The lowest BCUT2D eigenvalue weighted by Gasteiger charge is -2.48. The smallest absolute Gasteiger partial charge is 0.336 e. The van der Waals surface area contributed by atoms with E-state index in [2.05, 4.69) is 0 Å². The molecule has 2 aliphatic heterocycles. The summed E-state index contributed by atoms with van der Waals surface area (Å²) in [5.41, 5.74) is 1.06. The monoisotopic (exact) mass is 276 g/mol. The van der Waals surface area contributed by atoms with Crippen molar-refractivity contribution in [3.63, 3.8) is 0 Å². The van der Waals surface area contributed by atoms with Gasteiger partial charge >= 0.3 is 11.9 Å². The lowest BCUT2D eigenvalue weighted by Crippen LogP contribution is -2.53. The molecular formula is C15H16O5. The Labute approximate surface area is 116 Å². The molecule has 0 bridgehead atoms. The van der Waals surface area contributed by atoms with Crippen molar-refractivity contribution >= 4 is 11.9 Å². The van der Waals surface area contributed by atoms with Crippen LogP contribution in [0.15, 0.2) is 22.8 Å². The SMILES string of the molecule is CC1=C2C3OC(=O)C4=CCCC(CC2(O)OC1=O)C43C. The van der Waals surface area contributed by atoms with Crippen molar-refractivity contribution in [1.29, 1.82) is 0 Å². The number of ether oxygens (including phenoxy) is 2. The molecule has 2 aliphatic carbocycles.